The van der Waals surface area contributed by atoms with Gasteiger partial charge in [-0.05, 0) is 61.7 Å². The quantitative estimate of drug-likeness (QED) is 0.640. The topological polar surface area (TPSA) is 96.0 Å². The SMILES string of the molecule is Cc1ccc(S(=O)(=O)N2CCCCC2)cc1NC(=O)COC(=O)c1ccc(N(C)C)cc1. The Kier molecular flexibility index (Phi) is 7.52. The molecule has 2 aromatic carbocycles. The minimum absolute atomic E-state index is 0.137. The fourth-order valence-corrected chi connectivity index (χ4v) is 4.99. The van der Waals surface area contributed by atoms with Crippen LogP contribution in [0.2, 0.25) is 0 Å². The van der Waals surface area contributed by atoms with Gasteiger partial charge in [-0.2, -0.15) is 4.31 Å². The number of nitrogens with zero attached hydrogens (tertiary/aromatic N) is 2. The van der Waals surface area contributed by atoms with E-state index in [-0.39, 0.29) is 4.90 Å². The number of nitrogens with one attached hydrogen (secondary N) is 1. The van der Waals surface area contributed by atoms with Gasteiger partial charge in [0.25, 0.3) is 5.91 Å². The van der Waals surface area contributed by atoms with Crippen LogP contribution in [-0.4, -0.2) is 58.4 Å². The summed E-state index contributed by atoms with van der Waals surface area (Å²) < 4.78 is 32.4. The zero-order chi connectivity index (χ0) is 23.3. The van der Waals surface area contributed by atoms with Gasteiger partial charge in [0.05, 0.1) is 10.5 Å². The van der Waals surface area contributed by atoms with E-state index in [2.05, 4.69) is 5.32 Å². The third-order valence-electron chi connectivity index (χ3n) is 5.39. The molecule has 1 fully saturated rings. The lowest BCUT2D eigenvalue weighted by atomic mass is 10.2. The Morgan fingerprint density at radius 2 is 1.69 bits per heavy atom. The lowest BCUT2D eigenvalue weighted by Crippen LogP contribution is -2.35. The van der Waals surface area contributed by atoms with Crippen molar-refractivity contribution in [3.63, 3.8) is 0 Å². The number of hydrogen-bond donors (Lipinski definition) is 1. The summed E-state index contributed by atoms with van der Waals surface area (Å²) in [7, 11) is 0.175. The zero-order valence-electron chi connectivity index (χ0n) is 18.6. The Bertz CT molecular complexity index is 1080. The van der Waals surface area contributed by atoms with E-state index >= 15 is 0 Å². The molecule has 0 unspecified atom stereocenters. The first kappa shape index (κ1) is 23.7. The largest absolute Gasteiger partial charge is 0.452 e. The molecule has 0 saturated carbocycles. The highest BCUT2D eigenvalue weighted by molar-refractivity contribution is 7.89. The van der Waals surface area contributed by atoms with Crippen LogP contribution in [-0.2, 0) is 19.6 Å². The Labute approximate surface area is 189 Å². The number of rotatable bonds is 7. The Hall–Kier alpha value is -2.91. The maximum Gasteiger partial charge on any atom is 0.338 e. The van der Waals surface area contributed by atoms with Gasteiger partial charge in [-0.25, -0.2) is 13.2 Å². The fraction of sp³-hybridized carbons (Fsp3) is 0.391. The molecular formula is C23H29N3O5S. The Morgan fingerprint density at radius 1 is 1.03 bits per heavy atom. The fourth-order valence-electron chi connectivity index (χ4n) is 3.45. The molecule has 1 amide bonds. The van der Waals surface area contributed by atoms with Gasteiger partial charge in [0.1, 0.15) is 0 Å². The molecule has 0 bridgehead atoms. The third-order valence-corrected chi connectivity index (χ3v) is 7.28. The van der Waals surface area contributed by atoms with Gasteiger partial charge in [0, 0.05) is 38.6 Å². The lowest BCUT2D eigenvalue weighted by molar-refractivity contribution is -0.119. The van der Waals surface area contributed by atoms with Crippen molar-refractivity contribution in [2.24, 2.45) is 0 Å². The predicted molar refractivity (Wildman–Crippen MR) is 123 cm³/mol. The molecule has 9 heteroatoms. The number of ether oxygens (including phenoxy) is 1. The number of sulfonamides is 1. The highest BCUT2D eigenvalue weighted by atomic mass is 32.2. The van der Waals surface area contributed by atoms with Crippen LogP contribution in [0.3, 0.4) is 0 Å². The second kappa shape index (κ2) is 10.1. The first-order chi connectivity index (χ1) is 15.2. The number of anilines is 2. The zero-order valence-corrected chi connectivity index (χ0v) is 19.4. The molecular weight excluding hydrogens is 430 g/mol. The van der Waals surface area contributed by atoms with Gasteiger partial charge >= 0.3 is 5.97 Å². The smallest absolute Gasteiger partial charge is 0.338 e. The van der Waals surface area contributed by atoms with E-state index < -0.39 is 28.5 Å². The van der Waals surface area contributed by atoms with Crippen LogP contribution in [0.25, 0.3) is 0 Å². The normalized spacial score (nSPS) is 14.6. The summed E-state index contributed by atoms with van der Waals surface area (Å²) in [6, 6.07) is 11.5. The van der Waals surface area contributed by atoms with Crippen molar-refractivity contribution in [3.05, 3.63) is 53.6 Å². The van der Waals surface area contributed by atoms with Gasteiger partial charge in [-0.3, -0.25) is 4.79 Å². The maximum atomic E-state index is 12.9. The van der Waals surface area contributed by atoms with Crippen LogP contribution in [0, 0.1) is 6.92 Å². The highest BCUT2D eigenvalue weighted by Gasteiger charge is 2.26. The molecule has 1 N–H and O–H groups in total. The number of aryl methyl sites for hydroxylation is 1. The second-order valence-electron chi connectivity index (χ2n) is 8.01. The molecule has 1 aliphatic rings. The van der Waals surface area contributed by atoms with E-state index in [1.54, 1.807) is 43.3 Å². The highest BCUT2D eigenvalue weighted by Crippen LogP contribution is 2.25. The van der Waals surface area contributed by atoms with Crippen LogP contribution in [0.4, 0.5) is 11.4 Å². The minimum atomic E-state index is -3.62. The molecule has 1 aliphatic heterocycles. The molecule has 0 atom stereocenters. The molecule has 172 valence electrons. The summed E-state index contributed by atoms with van der Waals surface area (Å²) in [5.41, 5.74) is 2.37. The van der Waals surface area contributed by atoms with E-state index in [0.717, 1.165) is 24.9 Å². The number of benzene rings is 2. The number of carbonyl (C=O) groups excluding carboxylic acids is 2. The first-order valence-electron chi connectivity index (χ1n) is 10.5. The van der Waals surface area contributed by atoms with Crippen molar-refractivity contribution in [1.29, 1.82) is 0 Å². The number of hydrogen-bond acceptors (Lipinski definition) is 6. The molecule has 0 radical (unpaired) electrons. The number of piperidine rings is 1. The molecule has 8 nitrogen and oxygen atoms in total. The number of amides is 1. The molecule has 1 heterocycles. The van der Waals surface area contributed by atoms with Gasteiger partial charge < -0.3 is 15.0 Å². The van der Waals surface area contributed by atoms with E-state index in [1.165, 1.54) is 10.4 Å². The first-order valence-corrected chi connectivity index (χ1v) is 12.0. The van der Waals surface area contributed by atoms with Gasteiger partial charge in [-0.15, -0.1) is 0 Å². The van der Waals surface area contributed by atoms with Gasteiger partial charge in [0.15, 0.2) is 6.61 Å². The van der Waals surface area contributed by atoms with Crippen molar-refractivity contribution in [1.82, 2.24) is 4.31 Å². The van der Waals surface area contributed by atoms with Crippen LogP contribution >= 0.6 is 0 Å². The minimum Gasteiger partial charge on any atom is -0.452 e. The Morgan fingerprint density at radius 3 is 2.31 bits per heavy atom. The van der Waals surface area contributed by atoms with Crippen LogP contribution < -0.4 is 10.2 Å². The average Bonchev–Trinajstić information content (AvgIpc) is 2.79. The molecule has 2 aromatic rings. The molecule has 32 heavy (non-hydrogen) atoms. The van der Waals surface area contributed by atoms with Gasteiger partial charge in [-0.1, -0.05) is 12.5 Å². The van der Waals surface area contributed by atoms with E-state index in [0.29, 0.717) is 29.9 Å². The van der Waals surface area contributed by atoms with Crippen LogP contribution in [0.1, 0.15) is 35.2 Å². The van der Waals surface area contributed by atoms with Crippen molar-refractivity contribution in [2.75, 3.05) is 44.0 Å². The lowest BCUT2D eigenvalue weighted by Gasteiger charge is -2.26. The molecule has 1 saturated heterocycles. The number of carbonyl (C=O) groups is 2. The third kappa shape index (κ3) is 5.66. The summed E-state index contributed by atoms with van der Waals surface area (Å²) in [6.45, 7) is 2.30. The molecule has 0 aliphatic carbocycles. The van der Waals surface area contributed by atoms with Crippen molar-refractivity contribution in [3.8, 4) is 0 Å². The van der Waals surface area contributed by atoms with E-state index in [4.69, 9.17) is 4.74 Å². The summed E-state index contributed by atoms with van der Waals surface area (Å²) in [4.78, 5) is 26.6. The van der Waals surface area contributed by atoms with Crippen molar-refractivity contribution in [2.45, 2.75) is 31.1 Å². The van der Waals surface area contributed by atoms with Crippen LogP contribution in [0.5, 0.6) is 0 Å². The summed E-state index contributed by atoms with van der Waals surface area (Å²) in [6.07, 6.45) is 2.72. The maximum absolute atomic E-state index is 12.9. The number of esters is 1. The standard InChI is InChI=1S/C23H29N3O5S/c1-17-7-12-20(32(29,30)26-13-5-4-6-14-26)15-21(17)24-22(27)16-31-23(28)18-8-10-19(11-9-18)25(2)3/h7-12,15H,4-6,13-14,16H2,1-3H3,(H,24,27). The Balaban J connectivity index is 1.63. The predicted octanol–water partition coefficient (Wildman–Crippen LogP) is 3.03. The summed E-state index contributed by atoms with van der Waals surface area (Å²) in [5.74, 6) is -1.15. The van der Waals surface area contributed by atoms with Gasteiger partial charge in [0.2, 0.25) is 10.0 Å². The average molecular weight is 460 g/mol. The molecule has 0 aromatic heterocycles. The van der Waals surface area contributed by atoms with Crippen LogP contribution in [0.15, 0.2) is 47.4 Å². The molecule has 0 spiro atoms. The summed E-state index contributed by atoms with van der Waals surface area (Å²) in [5, 5.41) is 2.65. The van der Waals surface area contributed by atoms with Crippen molar-refractivity contribution >= 4 is 33.3 Å². The monoisotopic (exact) mass is 459 g/mol. The second-order valence-corrected chi connectivity index (χ2v) is 9.95. The van der Waals surface area contributed by atoms with E-state index in [1.807, 2.05) is 19.0 Å². The molecule has 3 rings (SSSR count). The van der Waals surface area contributed by atoms with Crippen molar-refractivity contribution < 1.29 is 22.7 Å². The summed E-state index contributed by atoms with van der Waals surface area (Å²) >= 11 is 0. The van der Waals surface area contributed by atoms with E-state index in [9.17, 15) is 18.0 Å².